The van der Waals surface area contributed by atoms with Crippen LogP contribution in [0, 0.1) is 6.92 Å². The van der Waals surface area contributed by atoms with Crippen LogP contribution in [0.15, 0.2) is 48.5 Å². The van der Waals surface area contributed by atoms with Crippen molar-refractivity contribution >= 4 is 55.8 Å². The number of benzene rings is 3. The minimum absolute atomic E-state index is 0.611. The zero-order valence-electron chi connectivity index (χ0n) is 24.4. The van der Waals surface area contributed by atoms with E-state index in [0.717, 1.165) is 80.4 Å². The van der Waals surface area contributed by atoms with Gasteiger partial charge in [0.2, 0.25) is 0 Å². The first kappa shape index (κ1) is 28.6. The number of halogens is 1. The number of nitrogens with zero attached hydrogens (tertiary/aromatic N) is 4. The van der Waals surface area contributed by atoms with Gasteiger partial charge in [-0.25, -0.2) is 9.78 Å². The number of piperazine rings is 1. The van der Waals surface area contributed by atoms with E-state index in [0.29, 0.717) is 10.6 Å². The van der Waals surface area contributed by atoms with E-state index in [2.05, 4.69) is 28.4 Å². The molecule has 3 heterocycles. The van der Waals surface area contributed by atoms with E-state index in [9.17, 15) is 9.90 Å². The molecule has 0 bridgehead atoms. The summed E-state index contributed by atoms with van der Waals surface area (Å²) in [7, 11) is 1.98. The van der Waals surface area contributed by atoms with Gasteiger partial charge in [0, 0.05) is 60.3 Å². The van der Waals surface area contributed by atoms with Crippen molar-refractivity contribution in [3.05, 3.63) is 64.7 Å². The molecule has 2 N–H and O–H groups in total. The van der Waals surface area contributed by atoms with Gasteiger partial charge in [0.15, 0.2) is 11.9 Å². The van der Waals surface area contributed by atoms with Gasteiger partial charge in [-0.15, -0.1) is 11.3 Å². The second-order valence-corrected chi connectivity index (χ2v) is 13.2. The smallest absolute Gasteiger partial charge is 0.337 e. The number of rotatable bonds is 6. The molecule has 0 saturated carbocycles. The maximum atomic E-state index is 12.6. The highest BCUT2D eigenvalue weighted by molar-refractivity contribution is 7.22. The molecule has 0 spiro atoms. The minimum Gasteiger partial charge on any atom is -0.479 e. The molecule has 2 aromatic heterocycles. The van der Waals surface area contributed by atoms with E-state index in [1.165, 1.54) is 0 Å². The predicted octanol–water partition coefficient (Wildman–Crippen LogP) is 6.83. The SMILES string of the molecule is Cc1cc2nc(-c3ccc4c(c3)c(N3CCNCC3)nn4C)sc2c(-c2ccc(Cl)cc2)c1[C@H](OC(C)(C)C)C(=O)O. The molecule has 218 valence electrons. The topological polar surface area (TPSA) is 92.5 Å². The molecule has 1 aliphatic rings. The average Bonchev–Trinajstić information content (AvgIpc) is 3.52. The van der Waals surface area contributed by atoms with Gasteiger partial charge in [-0.1, -0.05) is 23.7 Å². The van der Waals surface area contributed by atoms with Crippen LogP contribution in [0.4, 0.5) is 5.82 Å². The summed E-state index contributed by atoms with van der Waals surface area (Å²) in [5.41, 5.74) is 5.33. The van der Waals surface area contributed by atoms with Crippen LogP contribution in [0.1, 0.15) is 38.0 Å². The van der Waals surface area contributed by atoms with E-state index in [-0.39, 0.29) is 0 Å². The molecule has 0 amide bonds. The van der Waals surface area contributed by atoms with E-state index < -0.39 is 17.7 Å². The van der Waals surface area contributed by atoms with Gasteiger partial charge in [0.05, 0.1) is 21.3 Å². The van der Waals surface area contributed by atoms with Gasteiger partial charge in [-0.05, 0) is 75.2 Å². The molecule has 1 saturated heterocycles. The second-order valence-electron chi connectivity index (χ2n) is 11.7. The molecule has 10 heteroatoms. The van der Waals surface area contributed by atoms with Crippen LogP contribution in [0.5, 0.6) is 0 Å². The van der Waals surface area contributed by atoms with Gasteiger partial charge in [0.1, 0.15) is 5.01 Å². The Bertz CT molecular complexity index is 1800. The number of fused-ring (bicyclic) bond motifs is 2. The summed E-state index contributed by atoms with van der Waals surface area (Å²) in [6.45, 7) is 11.2. The molecule has 0 unspecified atom stereocenters. The molecule has 42 heavy (non-hydrogen) atoms. The lowest BCUT2D eigenvalue weighted by Crippen LogP contribution is -2.43. The lowest BCUT2D eigenvalue weighted by Gasteiger charge is -2.28. The highest BCUT2D eigenvalue weighted by atomic mass is 35.5. The maximum absolute atomic E-state index is 12.6. The maximum Gasteiger partial charge on any atom is 0.337 e. The van der Waals surface area contributed by atoms with Crippen LogP contribution in [0.25, 0.3) is 42.8 Å². The molecule has 3 aromatic carbocycles. The Labute approximate surface area is 253 Å². The van der Waals surface area contributed by atoms with Crippen molar-refractivity contribution in [1.29, 1.82) is 0 Å². The van der Waals surface area contributed by atoms with Crippen molar-refractivity contribution in [2.75, 3.05) is 31.1 Å². The summed E-state index contributed by atoms with van der Waals surface area (Å²) in [5, 5.41) is 21.2. The van der Waals surface area contributed by atoms with E-state index in [4.69, 9.17) is 26.4 Å². The fraction of sp³-hybridized carbons (Fsp3) is 0.344. The van der Waals surface area contributed by atoms with Crippen molar-refractivity contribution in [3.8, 4) is 21.7 Å². The first-order valence-corrected chi connectivity index (χ1v) is 15.2. The number of nitrogens with one attached hydrogen (secondary N) is 1. The van der Waals surface area contributed by atoms with Gasteiger partial charge < -0.3 is 20.1 Å². The third-order valence-corrected chi connectivity index (χ3v) is 8.90. The van der Waals surface area contributed by atoms with Crippen LogP contribution in [-0.2, 0) is 16.6 Å². The summed E-state index contributed by atoms with van der Waals surface area (Å²) in [6, 6.07) is 15.8. The summed E-state index contributed by atoms with van der Waals surface area (Å²) in [4.78, 5) is 20.1. The van der Waals surface area contributed by atoms with E-state index in [1.807, 2.05) is 69.8 Å². The fourth-order valence-electron chi connectivity index (χ4n) is 5.65. The number of anilines is 1. The number of hydrogen-bond acceptors (Lipinski definition) is 7. The van der Waals surface area contributed by atoms with Crippen LogP contribution in [0.3, 0.4) is 0 Å². The van der Waals surface area contributed by atoms with Crippen LogP contribution >= 0.6 is 22.9 Å². The molecule has 8 nitrogen and oxygen atoms in total. The summed E-state index contributed by atoms with van der Waals surface area (Å²) in [5.74, 6) is -0.0460. The van der Waals surface area contributed by atoms with Crippen LogP contribution in [-0.4, -0.2) is 57.6 Å². The van der Waals surface area contributed by atoms with Crippen molar-refractivity contribution in [2.45, 2.75) is 39.4 Å². The Balaban J connectivity index is 1.55. The number of thiazole rings is 1. The van der Waals surface area contributed by atoms with Crippen molar-refractivity contribution in [1.82, 2.24) is 20.1 Å². The number of aromatic nitrogens is 3. The third kappa shape index (κ3) is 5.38. The lowest BCUT2D eigenvalue weighted by molar-refractivity contribution is -0.160. The summed E-state index contributed by atoms with van der Waals surface area (Å²) >= 11 is 7.81. The fourth-order valence-corrected chi connectivity index (χ4v) is 6.90. The molecule has 0 aliphatic carbocycles. The number of carboxylic acid groups (broad SMARTS) is 1. The number of aryl methyl sites for hydroxylation is 2. The predicted molar refractivity (Wildman–Crippen MR) is 171 cm³/mol. The third-order valence-electron chi connectivity index (χ3n) is 7.51. The summed E-state index contributed by atoms with van der Waals surface area (Å²) in [6.07, 6.45) is -1.15. The lowest BCUT2D eigenvalue weighted by atomic mass is 9.91. The largest absolute Gasteiger partial charge is 0.479 e. The molecule has 6 rings (SSSR count). The number of ether oxygens (including phenoxy) is 1. The number of carboxylic acids is 1. The molecular formula is C32H34ClN5O3S. The van der Waals surface area contributed by atoms with Gasteiger partial charge in [-0.2, -0.15) is 5.10 Å². The Morgan fingerprint density at radius 2 is 1.79 bits per heavy atom. The molecule has 0 radical (unpaired) electrons. The van der Waals surface area contributed by atoms with Crippen molar-refractivity contribution < 1.29 is 14.6 Å². The van der Waals surface area contributed by atoms with Gasteiger partial charge >= 0.3 is 5.97 Å². The number of aliphatic carboxylic acids is 1. The standard InChI is InChI=1S/C32H34ClN5O3S/c1-18-16-23-28(26(19-6-9-21(33)10-7-19)25(18)27(31(39)40)41-32(2,3)4)42-30(35-23)20-8-11-24-22(17-20)29(36-37(24)5)38-14-12-34-13-15-38/h6-11,16-17,27,34H,12-15H2,1-5H3,(H,39,40)/t27-/m0/s1. The van der Waals surface area contributed by atoms with E-state index in [1.54, 1.807) is 11.3 Å². The van der Waals surface area contributed by atoms with Crippen LogP contribution < -0.4 is 10.2 Å². The quantitative estimate of drug-likeness (QED) is 0.220. The number of hydrogen-bond donors (Lipinski definition) is 2. The van der Waals surface area contributed by atoms with Gasteiger partial charge in [-0.3, -0.25) is 4.68 Å². The molecule has 1 aliphatic heterocycles. The molecule has 5 aromatic rings. The second kappa shape index (κ2) is 11.0. The van der Waals surface area contributed by atoms with Gasteiger partial charge in [0.25, 0.3) is 0 Å². The Kier molecular flexibility index (Phi) is 7.47. The van der Waals surface area contributed by atoms with Crippen molar-refractivity contribution in [3.63, 3.8) is 0 Å². The normalized spacial score (nSPS) is 15.0. The molecule has 1 fully saturated rings. The average molecular weight is 604 g/mol. The zero-order valence-corrected chi connectivity index (χ0v) is 25.9. The first-order valence-electron chi connectivity index (χ1n) is 14.0. The highest BCUT2D eigenvalue weighted by Gasteiger charge is 2.32. The monoisotopic (exact) mass is 603 g/mol. The Morgan fingerprint density at radius 1 is 1.10 bits per heavy atom. The van der Waals surface area contributed by atoms with Crippen molar-refractivity contribution in [2.24, 2.45) is 7.05 Å². The minimum atomic E-state index is -1.15. The Hall–Kier alpha value is -3.50. The summed E-state index contributed by atoms with van der Waals surface area (Å²) < 4.78 is 9.00. The first-order chi connectivity index (χ1) is 20.0. The Morgan fingerprint density at radius 3 is 2.45 bits per heavy atom. The molecular weight excluding hydrogens is 570 g/mol. The van der Waals surface area contributed by atoms with Crippen LogP contribution in [0.2, 0.25) is 5.02 Å². The van der Waals surface area contributed by atoms with E-state index >= 15 is 0 Å². The number of carbonyl (C=O) groups is 1. The zero-order chi connectivity index (χ0) is 29.8. The highest BCUT2D eigenvalue weighted by Crippen LogP contribution is 2.45. The molecule has 1 atom stereocenters.